The molecular formula is C24H20N4S. The fourth-order valence-electron chi connectivity index (χ4n) is 3.67. The van der Waals surface area contributed by atoms with Gasteiger partial charge < -0.3 is 4.57 Å². The fourth-order valence-corrected chi connectivity index (χ4v) is 4.67. The van der Waals surface area contributed by atoms with Crippen LogP contribution in [0.3, 0.4) is 0 Å². The van der Waals surface area contributed by atoms with Crippen molar-refractivity contribution in [2.24, 2.45) is 0 Å². The highest BCUT2D eigenvalue weighted by molar-refractivity contribution is 7.18. The fraction of sp³-hybridized carbons (Fsp3) is 0.208. The van der Waals surface area contributed by atoms with Gasteiger partial charge in [0.2, 0.25) is 0 Å². The topological polar surface area (TPSA) is 65.4 Å². The van der Waals surface area contributed by atoms with Crippen LogP contribution in [0.1, 0.15) is 40.7 Å². The van der Waals surface area contributed by atoms with Crippen LogP contribution in [0.4, 0.5) is 0 Å². The molecule has 0 bridgehead atoms. The normalized spacial score (nSPS) is 10.8. The predicted molar refractivity (Wildman–Crippen MR) is 117 cm³/mol. The molecule has 4 aromatic rings. The molecule has 5 heteroatoms. The Hall–Kier alpha value is -3.41. The second-order valence-corrected chi connectivity index (χ2v) is 8.22. The maximum Gasteiger partial charge on any atom is 0.143 e. The van der Waals surface area contributed by atoms with Crippen LogP contribution < -0.4 is 0 Å². The molecule has 142 valence electrons. The van der Waals surface area contributed by atoms with Crippen LogP contribution in [0.25, 0.3) is 21.5 Å². The standard InChI is InChI=1S/C24H20N4S/c1-3-6-22-27-24-23(21(14-26)16(2)29-24)28(22)15-17-9-11-18(12-10-17)20-8-5-4-7-19(20)13-25/h4-5,7-12H,3,6,15H2,1-2H3. The summed E-state index contributed by atoms with van der Waals surface area (Å²) in [7, 11) is 0. The summed E-state index contributed by atoms with van der Waals surface area (Å²) in [6.07, 6.45) is 1.90. The van der Waals surface area contributed by atoms with Gasteiger partial charge >= 0.3 is 0 Å². The number of nitriles is 2. The molecule has 0 radical (unpaired) electrons. The lowest BCUT2D eigenvalue weighted by molar-refractivity contribution is 0.721. The molecule has 0 unspecified atom stereocenters. The molecule has 2 aromatic heterocycles. The van der Waals surface area contributed by atoms with E-state index < -0.39 is 0 Å². The number of nitrogens with zero attached hydrogens (tertiary/aromatic N) is 4. The van der Waals surface area contributed by atoms with Gasteiger partial charge in [0.25, 0.3) is 0 Å². The van der Waals surface area contributed by atoms with E-state index in [0.717, 1.165) is 56.1 Å². The van der Waals surface area contributed by atoms with E-state index in [4.69, 9.17) is 4.98 Å². The zero-order chi connectivity index (χ0) is 20.4. The quantitative estimate of drug-likeness (QED) is 0.427. The molecule has 0 amide bonds. The molecule has 0 saturated heterocycles. The van der Waals surface area contributed by atoms with Crippen molar-refractivity contribution in [2.45, 2.75) is 33.2 Å². The first-order valence-electron chi connectivity index (χ1n) is 9.63. The predicted octanol–water partition coefficient (Wildman–Crippen LogP) is 5.82. The number of hydrogen-bond donors (Lipinski definition) is 0. The summed E-state index contributed by atoms with van der Waals surface area (Å²) in [5.41, 5.74) is 5.48. The summed E-state index contributed by atoms with van der Waals surface area (Å²) in [4.78, 5) is 6.78. The summed E-state index contributed by atoms with van der Waals surface area (Å²) >= 11 is 1.59. The van der Waals surface area contributed by atoms with Crippen molar-refractivity contribution in [3.63, 3.8) is 0 Å². The van der Waals surface area contributed by atoms with Gasteiger partial charge in [0.05, 0.1) is 22.7 Å². The molecule has 4 nitrogen and oxygen atoms in total. The lowest BCUT2D eigenvalue weighted by Crippen LogP contribution is -2.06. The number of aromatic nitrogens is 2. The Morgan fingerprint density at radius 3 is 2.48 bits per heavy atom. The molecule has 2 aromatic carbocycles. The molecule has 0 aliphatic heterocycles. The van der Waals surface area contributed by atoms with E-state index in [2.05, 4.69) is 47.9 Å². The van der Waals surface area contributed by atoms with Gasteiger partial charge in [0, 0.05) is 17.8 Å². The van der Waals surface area contributed by atoms with Gasteiger partial charge in [-0.25, -0.2) is 4.98 Å². The molecule has 0 N–H and O–H groups in total. The first-order valence-corrected chi connectivity index (χ1v) is 10.4. The van der Waals surface area contributed by atoms with E-state index in [1.54, 1.807) is 11.3 Å². The van der Waals surface area contributed by atoms with Crippen LogP contribution in [0.15, 0.2) is 48.5 Å². The molecule has 4 rings (SSSR count). The Kier molecular flexibility index (Phi) is 5.16. The van der Waals surface area contributed by atoms with E-state index in [9.17, 15) is 10.5 Å². The first-order chi connectivity index (χ1) is 14.2. The Morgan fingerprint density at radius 2 is 1.79 bits per heavy atom. The van der Waals surface area contributed by atoms with Gasteiger partial charge in [-0.1, -0.05) is 49.4 Å². The van der Waals surface area contributed by atoms with Crippen molar-refractivity contribution >= 4 is 21.7 Å². The van der Waals surface area contributed by atoms with Gasteiger partial charge in [-0.15, -0.1) is 11.3 Å². The molecule has 0 atom stereocenters. The van der Waals surface area contributed by atoms with E-state index >= 15 is 0 Å². The summed E-state index contributed by atoms with van der Waals surface area (Å²) in [5.74, 6) is 1.03. The number of aryl methyl sites for hydroxylation is 2. The molecule has 0 saturated carbocycles. The smallest absolute Gasteiger partial charge is 0.143 e. The van der Waals surface area contributed by atoms with Gasteiger partial charge in [0.1, 0.15) is 16.7 Å². The maximum atomic E-state index is 9.64. The van der Waals surface area contributed by atoms with E-state index in [1.165, 1.54) is 0 Å². The van der Waals surface area contributed by atoms with Crippen molar-refractivity contribution < 1.29 is 0 Å². The Morgan fingerprint density at radius 1 is 1.03 bits per heavy atom. The molecule has 0 aliphatic rings. The maximum absolute atomic E-state index is 9.64. The zero-order valence-corrected chi connectivity index (χ0v) is 17.3. The second kappa shape index (κ2) is 7.91. The number of benzene rings is 2. The third-order valence-corrected chi connectivity index (χ3v) is 6.08. The number of imidazole rings is 1. The zero-order valence-electron chi connectivity index (χ0n) is 16.4. The van der Waals surface area contributed by atoms with E-state index in [1.807, 2.05) is 31.2 Å². The Balaban J connectivity index is 1.73. The summed E-state index contributed by atoms with van der Waals surface area (Å²) < 4.78 is 2.19. The van der Waals surface area contributed by atoms with Crippen molar-refractivity contribution in [3.8, 4) is 23.3 Å². The third kappa shape index (κ3) is 3.42. The monoisotopic (exact) mass is 396 g/mol. The molecule has 2 heterocycles. The largest absolute Gasteiger partial charge is 0.322 e. The summed E-state index contributed by atoms with van der Waals surface area (Å²) in [6.45, 7) is 4.80. The van der Waals surface area contributed by atoms with Crippen LogP contribution in [-0.4, -0.2) is 9.55 Å². The van der Waals surface area contributed by atoms with Gasteiger partial charge in [-0.3, -0.25) is 0 Å². The van der Waals surface area contributed by atoms with Gasteiger partial charge in [-0.2, -0.15) is 10.5 Å². The van der Waals surface area contributed by atoms with Crippen molar-refractivity contribution in [1.29, 1.82) is 10.5 Å². The van der Waals surface area contributed by atoms with Crippen LogP contribution >= 0.6 is 11.3 Å². The van der Waals surface area contributed by atoms with E-state index in [0.29, 0.717) is 12.1 Å². The Bertz CT molecular complexity index is 1260. The summed E-state index contributed by atoms with van der Waals surface area (Å²) in [6, 6.07) is 20.6. The highest BCUT2D eigenvalue weighted by atomic mass is 32.1. The van der Waals surface area contributed by atoms with E-state index in [-0.39, 0.29) is 0 Å². The molecule has 0 spiro atoms. The highest BCUT2D eigenvalue weighted by Crippen LogP contribution is 2.32. The number of rotatable bonds is 5. The lowest BCUT2D eigenvalue weighted by atomic mass is 9.99. The number of fused-ring (bicyclic) bond motifs is 1. The Labute approximate surface area is 174 Å². The third-order valence-electron chi connectivity index (χ3n) is 5.09. The minimum Gasteiger partial charge on any atom is -0.322 e. The minimum atomic E-state index is 0.675. The van der Waals surface area contributed by atoms with Crippen LogP contribution in [0.5, 0.6) is 0 Å². The van der Waals surface area contributed by atoms with Crippen LogP contribution in [0, 0.1) is 29.6 Å². The average molecular weight is 397 g/mol. The average Bonchev–Trinajstić information content (AvgIpc) is 3.23. The highest BCUT2D eigenvalue weighted by Gasteiger charge is 2.19. The SMILES string of the molecule is CCCc1nc2sc(C)c(C#N)c2n1Cc1ccc(-c2ccccc2C#N)cc1. The number of thiophene rings is 1. The van der Waals surface area contributed by atoms with Crippen LogP contribution in [0.2, 0.25) is 0 Å². The minimum absolute atomic E-state index is 0.675. The second-order valence-electron chi connectivity index (χ2n) is 7.02. The van der Waals surface area contributed by atoms with Crippen molar-refractivity contribution in [2.75, 3.05) is 0 Å². The van der Waals surface area contributed by atoms with Gasteiger partial charge in [-0.05, 0) is 36.1 Å². The molecule has 0 fully saturated rings. The summed E-state index contributed by atoms with van der Waals surface area (Å²) in [5, 5.41) is 19.0. The first kappa shape index (κ1) is 18.9. The lowest BCUT2D eigenvalue weighted by Gasteiger charge is -2.11. The number of hydrogen-bond acceptors (Lipinski definition) is 4. The molecule has 0 aliphatic carbocycles. The van der Waals surface area contributed by atoms with Crippen molar-refractivity contribution in [3.05, 3.63) is 75.9 Å². The van der Waals surface area contributed by atoms with Crippen molar-refractivity contribution in [1.82, 2.24) is 9.55 Å². The van der Waals surface area contributed by atoms with Gasteiger partial charge in [0.15, 0.2) is 0 Å². The van der Waals surface area contributed by atoms with Crippen LogP contribution in [-0.2, 0) is 13.0 Å². The molecular weight excluding hydrogens is 376 g/mol. The molecule has 29 heavy (non-hydrogen) atoms.